The zero-order valence-corrected chi connectivity index (χ0v) is 10.2. The number of nitrogen functional groups attached to an aromatic ring is 1. The number of nitrogens with one attached hydrogen (secondary N) is 1. The molecule has 0 amide bonds. The lowest BCUT2D eigenvalue weighted by atomic mass is 9.94. The van der Waals surface area contributed by atoms with Crippen LogP contribution in [0.25, 0.3) is 0 Å². The summed E-state index contributed by atoms with van der Waals surface area (Å²) in [6, 6.07) is 3.71. The first-order valence-corrected chi connectivity index (χ1v) is 5.69. The first-order chi connectivity index (χ1) is 7.56. The minimum Gasteiger partial charge on any atom is -0.396 e. The zero-order valence-electron chi connectivity index (χ0n) is 10.2. The average Bonchev–Trinajstić information content (AvgIpc) is 2.31. The van der Waals surface area contributed by atoms with E-state index in [9.17, 15) is 5.11 Å². The Morgan fingerprint density at radius 2 is 2.00 bits per heavy atom. The third kappa shape index (κ3) is 2.64. The molecule has 0 aromatic carbocycles. The lowest BCUT2D eigenvalue weighted by molar-refractivity contribution is 0.202. The topological polar surface area (TPSA) is 71.2 Å². The molecular formula is C12H21N3O. The molecule has 1 rings (SSSR count). The molecule has 0 aliphatic heterocycles. The van der Waals surface area contributed by atoms with E-state index in [2.05, 4.69) is 10.3 Å². The maximum absolute atomic E-state index is 9.47. The van der Waals surface area contributed by atoms with Gasteiger partial charge < -0.3 is 16.2 Å². The number of pyridine rings is 1. The van der Waals surface area contributed by atoms with E-state index in [0.29, 0.717) is 11.5 Å². The highest BCUT2D eigenvalue weighted by Gasteiger charge is 2.25. The monoisotopic (exact) mass is 223 g/mol. The fourth-order valence-electron chi connectivity index (χ4n) is 1.61. The number of aliphatic hydroxyl groups is 1. The van der Waals surface area contributed by atoms with Gasteiger partial charge in [0.2, 0.25) is 0 Å². The van der Waals surface area contributed by atoms with E-state index < -0.39 is 0 Å². The minimum absolute atomic E-state index is 0.0784. The van der Waals surface area contributed by atoms with Crippen LogP contribution in [-0.2, 0) is 0 Å². The Hall–Kier alpha value is -1.29. The predicted molar refractivity (Wildman–Crippen MR) is 67.4 cm³/mol. The van der Waals surface area contributed by atoms with E-state index >= 15 is 0 Å². The van der Waals surface area contributed by atoms with E-state index in [1.165, 1.54) is 0 Å². The van der Waals surface area contributed by atoms with Crippen molar-refractivity contribution in [1.82, 2.24) is 4.98 Å². The van der Waals surface area contributed by atoms with Crippen molar-refractivity contribution in [3.63, 3.8) is 0 Å². The summed E-state index contributed by atoms with van der Waals surface area (Å²) in [5.41, 5.74) is 7.06. The fourth-order valence-corrected chi connectivity index (χ4v) is 1.61. The van der Waals surface area contributed by atoms with Crippen LogP contribution in [0.2, 0.25) is 0 Å². The van der Waals surface area contributed by atoms with Gasteiger partial charge in [0.25, 0.3) is 0 Å². The molecule has 1 heterocycles. The quantitative estimate of drug-likeness (QED) is 0.713. The van der Waals surface area contributed by atoms with Crippen LogP contribution in [0, 0.1) is 6.92 Å². The predicted octanol–water partition coefficient (Wildman–Crippen LogP) is 1.94. The lowest BCUT2D eigenvalue weighted by Crippen LogP contribution is -2.41. The number of aliphatic hydroxyl groups excluding tert-OH is 1. The van der Waals surface area contributed by atoms with Crippen molar-refractivity contribution in [3.05, 3.63) is 17.8 Å². The van der Waals surface area contributed by atoms with Gasteiger partial charge >= 0.3 is 0 Å². The molecule has 0 spiro atoms. The summed E-state index contributed by atoms with van der Waals surface area (Å²) in [5.74, 6) is 0.665. The highest BCUT2D eigenvalue weighted by Crippen LogP contribution is 2.24. The van der Waals surface area contributed by atoms with Crippen LogP contribution in [0.5, 0.6) is 0 Å². The van der Waals surface area contributed by atoms with Gasteiger partial charge in [-0.05, 0) is 31.9 Å². The molecular weight excluding hydrogens is 202 g/mol. The molecule has 4 N–H and O–H groups in total. The van der Waals surface area contributed by atoms with Gasteiger partial charge in [0.05, 0.1) is 17.8 Å². The van der Waals surface area contributed by atoms with Gasteiger partial charge in [-0.3, -0.25) is 0 Å². The zero-order chi connectivity index (χ0) is 12.2. The summed E-state index contributed by atoms with van der Waals surface area (Å²) in [5, 5.41) is 12.7. The van der Waals surface area contributed by atoms with Crippen LogP contribution in [0.15, 0.2) is 12.1 Å². The summed E-state index contributed by atoms with van der Waals surface area (Å²) in [7, 11) is 0. The van der Waals surface area contributed by atoms with Crippen molar-refractivity contribution in [2.45, 2.75) is 39.2 Å². The van der Waals surface area contributed by atoms with E-state index in [1.807, 2.05) is 32.9 Å². The number of nitrogens with zero attached hydrogens (tertiary/aromatic N) is 1. The molecule has 0 saturated carbocycles. The molecule has 0 atom stereocenters. The van der Waals surface area contributed by atoms with Crippen molar-refractivity contribution in [2.24, 2.45) is 0 Å². The molecule has 4 heteroatoms. The Kier molecular flexibility index (Phi) is 4.12. The number of aromatic nitrogens is 1. The number of anilines is 2. The van der Waals surface area contributed by atoms with Gasteiger partial charge in [-0.2, -0.15) is 0 Å². The lowest BCUT2D eigenvalue weighted by Gasteiger charge is -2.31. The Labute approximate surface area is 96.9 Å². The van der Waals surface area contributed by atoms with Crippen molar-refractivity contribution >= 4 is 11.5 Å². The molecule has 0 unspecified atom stereocenters. The number of rotatable bonds is 5. The summed E-state index contributed by atoms with van der Waals surface area (Å²) >= 11 is 0. The van der Waals surface area contributed by atoms with Crippen molar-refractivity contribution in [3.8, 4) is 0 Å². The maximum atomic E-state index is 9.47. The van der Waals surface area contributed by atoms with E-state index in [-0.39, 0.29) is 12.1 Å². The maximum Gasteiger partial charge on any atom is 0.149 e. The van der Waals surface area contributed by atoms with Gasteiger partial charge in [0.1, 0.15) is 5.82 Å². The molecule has 0 bridgehead atoms. The Balaban J connectivity index is 2.97. The molecule has 0 aliphatic rings. The number of aryl methyl sites for hydroxylation is 1. The summed E-state index contributed by atoms with van der Waals surface area (Å²) in [6.45, 7) is 6.08. The van der Waals surface area contributed by atoms with Crippen LogP contribution >= 0.6 is 0 Å². The number of nitrogens with two attached hydrogens (primary N) is 1. The summed E-state index contributed by atoms with van der Waals surface area (Å²) < 4.78 is 0. The van der Waals surface area contributed by atoms with Crippen molar-refractivity contribution in [2.75, 3.05) is 17.7 Å². The van der Waals surface area contributed by atoms with Gasteiger partial charge in [-0.25, -0.2) is 4.98 Å². The Morgan fingerprint density at radius 1 is 1.38 bits per heavy atom. The third-order valence-corrected chi connectivity index (χ3v) is 3.11. The highest BCUT2D eigenvalue weighted by molar-refractivity contribution is 5.62. The number of hydrogen-bond acceptors (Lipinski definition) is 4. The van der Waals surface area contributed by atoms with Gasteiger partial charge in [0.15, 0.2) is 0 Å². The molecule has 0 aliphatic carbocycles. The van der Waals surface area contributed by atoms with E-state index in [1.54, 1.807) is 0 Å². The molecule has 16 heavy (non-hydrogen) atoms. The van der Waals surface area contributed by atoms with Crippen molar-refractivity contribution < 1.29 is 5.11 Å². The van der Waals surface area contributed by atoms with Crippen molar-refractivity contribution in [1.29, 1.82) is 0 Å². The minimum atomic E-state index is -0.324. The van der Waals surface area contributed by atoms with Gasteiger partial charge in [-0.1, -0.05) is 13.8 Å². The standard InChI is InChI=1S/C12H21N3O/c1-4-12(5-2,8-16)15-11-10(13)7-6-9(3)14-11/h6-7,16H,4-5,8,13H2,1-3H3,(H,14,15). The molecule has 1 aromatic heterocycles. The summed E-state index contributed by atoms with van der Waals surface area (Å²) in [6.07, 6.45) is 1.66. The first-order valence-electron chi connectivity index (χ1n) is 5.69. The first kappa shape index (κ1) is 12.8. The molecule has 1 aromatic rings. The Morgan fingerprint density at radius 3 is 2.50 bits per heavy atom. The second kappa shape index (κ2) is 5.16. The van der Waals surface area contributed by atoms with E-state index in [0.717, 1.165) is 18.5 Å². The van der Waals surface area contributed by atoms with Gasteiger partial charge in [0, 0.05) is 5.69 Å². The second-order valence-electron chi connectivity index (χ2n) is 4.16. The SMILES string of the molecule is CCC(CC)(CO)Nc1nc(C)ccc1N. The van der Waals surface area contributed by atoms with Crippen LogP contribution < -0.4 is 11.1 Å². The highest BCUT2D eigenvalue weighted by atomic mass is 16.3. The van der Waals surface area contributed by atoms with Gasteiger partial charge in [-0.15, -0.1) is 0 Å². The normalized spacial score (nSPS) is 11.5. The molecule has 0 fully saturated rings. The second-order valence-corrected chi connectivity index (χ2v) is 4.16. The van der Waals surface area contributed by atoms with Crippen LogP contribution in [0.1, 0.15) is 32.4 Å². The molecule has 0 saturated heterocycles. The molecule has 0 radical (unpaired) electrons. The fraction of sp³-hybridized carbons (Fsp3) is 0.583. The summed E-state index contributed by atoms with van der Waals surface area (Å²) in [4.78, 5) is 4.35. The Bertz CT molecular complexity index is 340. The van der Waals surface area contributed by atoms with Crippen LogP contribution in [0.4, 0.5) is 11.5 Å². The largest absolute Gasteiger partial charge is 0.396 e. The van der Waals surface area contributed by atoms with Crippen LogP contribution in [0.3, 0.4) is 0 Å². The smallest absolute Gasteiger partial charge is 0.149 e. The van der Waals surface area contributed by atoms with Crippen LogP contribution in [-0.4, -0.2) is 22.2 Å². The van der Waals surface area contributed by atoms with E-state index in [4.69, 9.17) is 5.73 Å². The average molecular weight is 223 g/mol. The molecule has 4 nitrogen and oxygen atoms in total. The third-order valence-electron chi connectivity index (χ3n) is 3.11. The number of hydrogen-bond donors (Lipinski definition) is 3. The molecule has 90 valence electrons.